The number of aliphatic carboxylic acids is 1. The fourth-order valence-corrected chi connectivity index (χ4v) is 2.90. The number of hydrogen-bond acceptors (Lipinski definition) is 3. The molecule has 24 heavy (non-hydrogen) atoms. The lowest BCUT2D eigenvalue weighted by molar-refractivity contribution is -0.136. The smallest absolute Gasteiger partial charge is 0.336 e. The van der Waals surface area contributed by atoms with E-state index in [1.54, 1.807) is 41.1 Å². The number of phenols is 1. The number of benzene rings is 2. The van der Waals surface area contributed by atoms with Gasteiger partial charge >= 0.3 is 11.9 Å². The van der Waals surface area contributed by atoms with E-state index in [1.165, 1.54) is 6.07 Å². The van der Waals surface area contributed by atoms with E-state index in [2.05, 4.69) is 0 Å². The van der Waals surface area contributed by atoms with Crippen LogP contribution in [-0.4, -0.2) is 31.8 Å². The van der Waals surface area contributed by atoms with Crippen LogP contribution in [0.25, 0.3) is 10.9 Å². The van der Waals surface area contributed by atoms with Crippen LogP contribution in [0.5, 0.6) is 5.75 Å². The predicted molar refractivity (Wildman–Crippen MR) is 87.4 cm³/mol. The molecule has 0 spiro atoms. The topological polar surface area (TPSA) is 99.8 Å². The van der Waals surface area contributed by atoms with Crippen LogP contribution in [0.4, 0.5) is 0 Å². The van der Waals surface area contributed by atoms with Gasteiger partial charge in [-0.1, -0.05) is 18.2 Å². The van der Waals surface area contributed by atoms with Crippen molar-refractivity contribution in [3.8, 4) is 5.75 Å². The number of aromatic nitrogens is 1. The van der Waals surface area contributed by atoms with Gasteiger partial charge in [-0.2, -0.15) is 0 Å². The number of carbonyl (C=O) groups is 2. The molecule has 3 aromatic rings. The average Bonchev–Trinajstić information content (AvgIpc) is 2.84. The van der Waals surface area contributed by atoms with Gasteiger partial charge in [0.15, 0.2) is 0 Å². The minimum atomic E-state index is -1.10. The first-order chi connectivity index (χ1) is 11.5. The van der Waals surface area contributed by atoms with Gasteiger partial charge in [-0.3, -0.25) is 4.79 Å². The molecule has 0 aliphatic heterocycles. The van der Waals surface area contributed by atoms with Crippen molar-refractivity contribution in [2.24, 2.45) is 0 Å². The molecule has 122 valence electrons. The summed E-state index contributed by atoms with van der Waals surface area (Å²) in [7, 11) is 0. The van der Waals surface area contributed by atoms with E-state index in [4.69, 9.17) is 5.11 Å². The van der Waals surface area contributed by atoms with Crippen LogP contribution in [0.1, 0.15) is 21.5 Å². The number of hydrogen-bond donors (Lipinski definition) is 3. The highest BCUT2D eigenvalue weighted by atomic mass is 16.4. The van der Waals surface area contributed by atoms with Crippen LogP contribution in [0.2, 0.25) is 0 Å². The standard InChI is InChI=1S/C18H15NO5/c20-13-4-1-3-11(7-13)9-19-10-12(8-16(21)22)17-14(18(23)24)5-2-6-15(17)19/h1-7,10,20H,8-9H2,(H,21,22)(H,23,24). The Morgan fingerprint density at radius 2 is 1.79 bits per heavy atom. The van der Waals surface area contributed by atoms with E-state index in [1.807, 2.05) is 6.07 Å². The fourth-order valence-electron chi connectivity index (χ4n) is 2.90. The second kappa shape index (κ2) is 6.08. The maximum absolute atomic E-state index is 11.5. The summed E-state index contributed by atoms with van der Waals surface area (Å²) in [6, 6.07) is 11.6. The molecule has 3 rings (SSSR count). The van der Waals surface area contributed by atoms with Crippen LogP contribution in [0, 0.1) is 0 Å². The molecule has 0 aliphatic carbocycles. The fraction of sp³-hybridized carbons (Fsp3) is 0.111. The molecular weight excluding hydrogens is 310 g/mol. The summed E-state index contributed by atoms with van der Waals surface area (Å²) in [6.45, 7) is 0.396. The van der Waals surface area contributed by atoms with Gasteiger partial charge in [-0.15, -0.1) is 0 Å². The Morgan fingerprint density at radius 1 is 1.04 bits per heavy atom. The van der Waals surface area contributed by atoms with Crippen molar-refractivity contribution < 1.29 is 24.9 Å². The third kappa shape index (κ3) is 2.94. The van der Waals surface area contributed by atoms with Crippen molar-refractivity contribution in [1.82, 2.24) is 4.57 Å². The number of rotatable bonds is 5. The lowest BCUT2D eigenvalue weighted by Gasteiger charge is -2.06. The third-order valence-electron chi connectivity index (χ3n) is 3.82. The van der Waals surface area contributed by atoms with E-state index in [0.29, 0.717) is 23.0 Å². The first-order valence-electron chi connectivity index (χ1n) is 7.29. The van der Waals surface area contributed by atoms with Gasteiger partial charge in [0.25, 0.3) is 0 Å². The maximum atomic E-state index is 11.5. The molecule has 1 heterocycles. The van der Waals surface area contributed by atoms with Crippen LogP contribution in [0.3, 0.4) is 0 Å². The van der Waals surface area contributed by atoms with Crippen molar-refractivity contribution in [1.29, 1.82) is 0 Å². The van der Waals surface area contributed by atoms with Gasteiger partial charge in [0, 0.05) is 23.6 Å². The first-order valence-corrected chi connectivity index (χ1v) is 7.29. The van der Waals surface area contributed by atoms with Gasteiger partial charge < -0.3 is 19.9 Å². The molecule has 0 saturated carbocycles. The Hall–Kier alpha value is -3.28. The summed E-state index contributed by atoms with van der Waals surface area (Å²) < 4.78 is 1.80. The van der Waals surface area contributed by atoms with Crippen molar-refractivity contribution in [2.45, 2.75) is 13.0 Å². The molecule has 2 aromatic carbocycles. The van der Waals surface area contributed by atoms with Crippen molar-refractivity contribution >= 4 is 22.8 Å². The van der Waals surface area contributed by atoms with Gasteiger partial charge in [-0.25, -0.2) is 4.79 Å². The molecule has 0 bridgehead atoms. The normalized spacial score (nSPS) is 10.8. The largest absolute Gasteiger partial charge is 0.508 e. The zero-order valence-corrected chi connectivity index (χ0v) is 12.6. The minimum absolute atomic E-state index is 0.0819. The van der Waals surface area contributed by atoms with E-state index < -0.39 is 11.9 Å². The molecule has 3 N–H and O–H groups in total. The van der Waals surface area contributed by atoms with Crippen LogP contribution < -0.4 is 0 Å². The van der Waals surface area contributed by atoms with Gasteiger partial charge in [0.1, 0.15) is 5.75 Å². The van der Waals surface area contributed by atoms with Gasteiger partial charge in [0.2, 0.25) is 0 Å². The van der Waals surface area contributed by atoms with Crippen LogP contribution in [-0.2, 0) is 17.8 Å². The zero-order valence-electron chi connectivity index (χ0n) is 12.6. The second-order valence-electron chi connectivity index (χ2n) is 5.53. The monoisotopic (exact) mass is 325 g/mol. The Balaban J connectivity index is 2.16. The highest BCUT2D eigenvalue weighted by molar-refractivity contribution is 6.05. The lowest BCUT2D eigenvalue weighted by Crippen LogP contribution is -2.02. The number of aromatic hydroxyl groups is 1. The Morgan fingerprint density at radius 3 is 2.46 bits per heavy atom. The van der Waals surface area contributed by atoms with Crippen LogP contribution in [0.15, 0.2) is 48.7 Å². The summed E-state index contributed by atoms with van der Waals surface area (Å²) in [4.78, 5) is 22.6. The predicted octanol–water partition coefficient (Wildman–Crippen LogP) is 2.72. The zero-order chi connectivity index (χ0) is 17.3. The third-order valence-corrected chi connectivity index (χ3v) is 3.82. The summed E-state index contributed by atoms with van der Waals surface area (Å²) in [5.41, 5.74) is 2.01. The number of aromatic carboxylic acids is 1. The summed E-state index contributed by atoms with van der Waals surface area (Å²) >= 11 is 0. The van der Waals surface area contributed by atoms with Crippen molar-refractivity contribution in [3.05, 3.63) is 65.4 Å². The van der Waals surface area contributed by atoms with E-state index in [9.17, 15) is 19.8 Å². The highest BCUT2D eigenvalue weighted by Gasteiger charge is 2.18. The quantitative estimate of drug-likeness (QED) is 0.670. The second-order valence-corrected chi connectivity index (χ2v) is 5.53. The van der Waals surface area contributed by atoms with E-state index in [-0.39, 0.29) is 17.7 Å². The molecule has 0 saturated heterocycles. The summed E-state index contributed by atoms with van der Waals surface area (Å²) in [5.74, 6) is -1.98. The van der Waals surface area contributed by atoms with Crippen molar-refractivity contribution in [2.75, 3.05) is 0 Å². The number of nitrogens with zero attached hydrogens (tertiary/aromatic N) is 1. The van der Waals surface area contributed by atoms with E-state index >= 15 is 0 Å². The highest BCUT2D eigenvalue weighted by Crippen LogP contribution is 2.27. The molecule has 0 fully saturated rings. The SMILES string of the molecule is O=C(O)Cc1cn(Cc2cccc(O)c2)c2cccc(C(=O)O)c12. The number of phenolic OH excluding ortho intramolecular Hbond substituents is 1. The molecule has 1 aromatic heterocycles. The lowest BCUT2D eigenvalue weighted by atomic mass is 10.0. The van der Waals surface area contributed by atoms with E-state index in [0.717, 1.165) is 5.56 Å². The summed E-state index contributed by atoms with van der Waals surface area (Å²) in [5, 5.41) is 28.5. The molecule has 0 amide bonds. The molecule has 0 unspecified atom stereocenters. The molecular formula is C18H15NO5. The number of fused-ring (bicyclic) bond motifs is 1. The van der Waals surface area contributed by atoms with Gasteiger partial charge in [0.05, 0.1) is 12.0 Å². The molecule has 6 nitrogen and oxygen atoms in total. The number of carboxylic acid groups (broad SMARTS) is 2. The first kappa shape index (κ1) is 15.6. The maximum Gasteiger partial charge on any atom is 0.336 e. The summed E-state index contributed by atoms with van der Waals surface area (Å²) in [6.07, 6.45) is 1.41. The molecule has 0 atom stereocenters. The Labute approximate surface area is 137 Å². The average molecular weight is 325 g/mol. The van der Waals surface area contributed by atoms with Crippen LogP contribution >= 0.6 is 0 Å². The van der Waals surface area contributed by atoms with Crippen molar-refractivity contribution in [3.63, 3.8) is 0 Å². The molecule has 6 heteroatoms. The van der Waals surface area contributed by atoms with Gasteiger partial charge in [-0.05, 0) is 35.4 Å². The minimum Gasteiger partial charge on any atom is -0.508 e. The molecule has 0 aliphatic rings. The Kier molecular flexibility index (Phi) is 3.95. The molecule has 0 radical (unpaired) electrons. The Bertz CT molecular complexity index is 942. The number of carboxylic acids is 2.